The highest BCUT2D eigenvalue weighted by Crippen LogP contribution is 2.06. The van der Waals surface area contributed by atoms with Gasteiger partial charge >= 0.3 is 0 Å². The van der Waals surface area contributed by atoms with Gasteiger partial charge in [-0.05, 0) is 24.3 Å². The lowest BCUT2D eigenvalue weighted by Gasteiger charge is -2.08. The van der Waals surface area contributed by atoms with E-state index in [1.165, 1.54) is 19.2 Å². The summed E-state index contributed by atoms with van der Waals surface area (Å²) < 4.78 is 15.4. The quantitative estimate of drug-likeness (QED) is 0.350. The van der Waals surface area contributed by atoms with E-state index < -0.39 is 0 Å². The second kappa shape index (κ2) is 4.78. The van der Waals surface area contributed by atoms with Crippen LogP contribution in [0.25, 0.3) is 0 Å². The Labute approximate surface area is 98.2 Å². The first-order valence-corrected chi connectivity index (χ1v) is 5.15. The van der Waals surface area contributed by atoms with E-state index in [0.717, 1.165) is 4.74 Å². The normalized spacial score (nSPS) is 12.4. The smallest absolute Gasteiger partial charge is 0.214 e. The van der Waals surface area contributed by atoms with Gasteiger partial charge in [0.1, 0.15) is 19.4 Å². The number of aromatic nitrogens is 2. The summed E-state index contributed by atoms with van der Waals surface area (Å²) in [6.45, 7) is 0.408. The van der Waals surface area contributed by atoms with Crippen LogP contribution in [0.2, 0.25) is 0 Å². The van der Waals surface area contributed by atoms with Gasteiger partial charge in [0.15, 0.2) is 0 Å². The van der Waals surface area contributed by atoms with E-state index in [9.17, 15) is 9.60 Å². The third-order valence-electron chi connectivity index (χ3n) is 2.45. The first-order valence-electron chi connectivity index (χ1n) is 5.15. The molecule has 0 radical (unpaired) electrons. The molecule has 5 heteroatoms. The number of nitrogens with zero attached hydrogens (tertiary/aromatic N) is 3. The van der Waals surface area contributed by atoms with Crippen LogP contribution in [-0.4, -0.2) is 27.0 Å². The maximum absolute atomic E-state index is 12.8. The standard InChI is InChI=1S/C12H12FN3O/c1-15(17)12(8-16-7-6-14-9-16)10-2-4-11(13)5-3-10/h2-7,9H,8H2,1H3. The zero-order valence-electron chi connectivity index (χ0n) is 9.38. The van der Waals surface area contributed by atoms with Crippen molar-refractivity contribution in [1.29, 1.82) is 0 Å². The van der Waals surface area contributed by atoms with Gasteiger partial charge in [0.05, 0.1) is 6.33 Å². The van der Waals surface area contributed by atoms with Crippen LogP contribution < -0.4 is 0 Å². The van der Waals surface area contributed by atoms with Crippen molar-refractivity contribution in [1.82, 2.24) is 9.55 Å². The van der Waals surface area contributed by atoms with Crippen LogP contribution in [0, 0.1) is 11.0 Å². The summed E-state index contributed by atoms with van der Waals surface area (Å²) in [6, 6.07) is 5.87. The molecule has 1 aromatic carbocycles. The van der Waals surface area contributed by atoms with Gasteiger partial charge < -0.3 is 9.77 Å². The highest BCUT2D eigenvalue weighted by Gasteiger charge is 2.11. The summed E-state index contributed by atoms with van der Waals surface area (Å²) in [5.41, 5.74) is 1.26. The molecule has 2 aromatic rings. The number of benzene rings is 1. The summed E-state index contributed by atoms with van der Waals surface area (Å²) in [5, 5.41) is 11.5. The molecular formula is C12H12FN3O. The molecule has 0 aliphatic carbocycles. The molecule has 17 heavy (non-hydrogen) atoms. The molecule has 0 amide bonds. The van der Waals surface area contributed by atoms with Gasteiger partial charge in [-0.2, -0.15) is 0 Å². The van der Waals surface area contributed by atoms with Crippen molar-refractivity contribution >= 4 is 5.71 Å². The van der Waals surface area contributed by atoms with E-state index in [-0.39, 0.29) is 5.82 Å². The van der Waals surface area contributed by atoms with Crippen molar-refractivity contribution in [2.45, 2.75) is 6.54 Å². The number of imidazole rings is 1. The predicted molar refractivity (Wildman–Crippen MR) is 62.3 cm³/mol. The summed E-state index contributed by atoms with van der Waals surface area (Å²) in [6.07, 6.45) is 5.05. The average molecular weight is 233 g/mol. The third kappa shape index (κ3) is 2.69. The van der Waals surface area contributed by atoms with E-state index in [4.69, 9.17) is 0 Å². The minimum absolute atomic E-state index is 0.315. The summed E-state index contributed by atoms with van der Waals surface area (Å²) in [5.74, 6) is -0.315. The highest BCUT2D eigenvalue weighted by molar-refractivity contribution is 5.96. The van der Waals surface area contributed by atoms with Crippen LogP contribution in [0.4, 0.5) is 4.39 Å². The van der Waals surface area contributed by atoms with Crippen molar-refractivity contribution in [2.75, 3.05) is 7.05 Å². The minimum Gasteiger partial charge on any atom is -0.624 e. The second-order valence-corrected chi connectivity index (χ2v) is 3.69. The van der Waals surface area contributed by atoms with Gasteiger partial charge in [0.25, 0.3) is 0 Å². The zero-order valence-corrected chi connectivity index (χ0v) is 9.38. The van der Waals surface area contributed by atoms with E-state index in [0.29, 0.717) is 17.8 Å². The lowest BCUT2D eigenvalue weighted by atomic mass is 10.1. The molecule has 0 aliphatic rings. The molecule has 1 aromatic heterocycles. The Balaban J connectivity index is 2.31. The van der Waals surface area contributed by atoms with E-state index in [2.05, 4.69) is 4.98 Å². The van der Waals surface area contributed by atoms with Crippen LogP contribution in [0.5, 0.6) is 0 Å². The fourth-order valence-corrected chi connectivity index (χ4v) is 1.57. The van der Waals surface area contributed by atoms with E-state index >= 15 is 0 Å². The summed E-state index contributed by atoms with van der Waals surface area (Å²) >= 11 is 0. The van der Waals surface area contributed by atoms with Crippen molar-refractivity contribution in [3.63, 3.8) is 0 Å². The van der Waals surface area contributed by atoms with Crippen molar-refractivity contribution in [3.8, 4) is 0 Å². The molecule has 1 heterocycles. The second-order valence-electron chi connectivity index (χ2n) is 3.69. The summed E-state index contributed by atoms with van der Waals surface area (Å²) in [7, 11) is 1.43. The fourth-order valence-electron chi connectivity index (χ4n) is 1.57. The Morgan fingerprint density at radius 1 is 1.41 bits per heavy atom. The Kier molecular flexibility index (Phi) is 3.18. The molecule has 0 saturated carbocycles. The van der Waals surface area contributed by atoms with Gasteiger partial charge in [-0.1, -0.05) is 0 Å². The number of halogens is 1. The lowest BCUT2D eigenvalue weighted by molar-refractivity contribution is -0.423. The van der Waals surface area contributed by atoms with Gasteiger partial charge in [0.2, 0.25) is 5.71 Å². The zero-order chi connectivity index (χ0) is 12.3. The molecule has 0 fully saturated rings. The Bertz CT molecular complexity index is 513. The topological polar surface area (TPSA) is 43.9 Å². The largest absolute Gasteiger partial charge is 0.624 e. The van der Waals surface area contributed by atoms with Crippen LogP contribution in [-0.2, 0) is 6.54 Å². The SMILES string of the molecule is C[N+]([O-])=C(Cn1ccnc1)c1ccc(F)cc1. The number of hydroxylamine groups is 1. The van der Waals surface area contributed by atoms with E-state index in [1.807, 2.05) is 0 Å². The Hall–Kier alpha value is -2.17. The number of rotatable bonds is 3. The van der Waals surface area contributed by atoms with Gasteiger partial charge in [0, 0.05) is 18.0 Å². The maximum atomic E-state index is 12.8. The van der Waals surface area contributed by atoms with E-state index in [1.54, 1.807) is 35.4 Å². The molecule has 4 nitrogen and oxygen atoms in total. The molecule has 0 N–H and O–H groups in total. The molecule has 0 spiro atoms. The minimum atomic E-state index is -0.315. The molecule has 0 bridgehead atoms. The number of hydrogen-bond acceptors (Lipinski definition) is 2. The molecule has 0 aliphatic heterocycles. The highest BCUT2D eigenvalue weighted by atomic mass is 19.1. The van der Waals surface area contributed by atoms with Crippen LogP contribution in [0.3, 0.4) is 0 Å². The third-order valence-corrected chi connectivity index (χ3v) is 2.45. The molecule has 0 unspecified atom stereocenters. The fraction of sp³-hybridized carbons (Fsp3) is 0.167. The van der Waals surface area contributed by atoms with Crippen LogP contribution in [0.1, 0.15) is 5.56 Å². The molecule has 2 rings (SSSR count). The monoisotopic (exact) mass is 233 g/mol. The van der Waals surface area contributed by atoms with Gasteiger partial charge in [-0.25, -0.2) is 14.1 Å². The number of hydrogen-bond donors (Lipinski definition) is 0. The molecular weight excluding hydrogens is 221 g/mol. The maximum Gasteiger partial charge on any atom is 0.214 e. The first-order chi connectivity index (χ1) is 8.16. The Morgan fingerprint density at radius 3 is 2.65 bits per heavy atom. The Morgan fingerprint density at radius 2 is 2.12 bits per heavy atom. The average Bonchev–Trinajstić information content (AvgIpc) is 2.80. The summed E-state index contributed by atoms with van der Waals surface area (Å²) in [4.78, 5) is 3.91. The lowest BCUT2D eigenvalue weighted by Crippen LogP contribution is -2.19. The first kappa shape index (κ1) is 11.3. The molecule has 0 atom stereocenters. The predicted octanol–water partition coefficient (Wildman–Crippen LogP) is 1.65. The molecule has 88 valence electrons. The van der Waals surface area contributed by atoms with Crippen molar-refractivity contribution in [2.24, 2.45) is 0 Å². The molecule has 0 saturated heterocycles. The van der Waals surface area contributed by atoms with Gasteiger partial charge in [-0.15, -0.1) is 0 Å². The van der Waals surface area contributed by atoms with Crippen molar-refractivity contribution in [3.05, 3.63) is 59.6 Å². The van der Waals surface area contributed by atoms with Crippen molar-refractivity contribution < 1.29 is 9.13 Å². The van der Waals surface area contributed by atoms with Crippen LogP contribution >= 0.6 is 0 Å². The van der Waals surface area contributed by atoms with Crippen LogP contribution in [0.15, 0.2) is 43.0 Å². The van der Waals surface area contributed by atoms with Gasteiger partial charge in [-0.3, -0.25) is 0 Å².